The fourth-order valence-electron chi connectivity index (χ4n) is 2.24. The van der Waals surface area contributed by atoms with Gasteiger partial charge in [0.15, 0.2) is 0 Å². The third kappa shape index (κ3) is 3.95. The molecule has 0 heterocycles. The molecule has 0 fully saturated rings. The van der Waals surface area contributed by atoms with Crippen LogP contribution in [0.5, 0.6) is 0 Å². The van der Waals surface area contributed by atoms with Crippen molar-refractivity contribution in [2.45, 2.75) is 32.6 Å². The summed E-state index contributed by atoms with van der Waals surface area (Å²) in [4.78, 5) is 23.5. The first-order valence-corrected chi connectivity index (χ1v) is 7.04. The van der Waals surface area contributed by atoms with Gasteiger partial charge in [0.25, 0.3) is 5.91 Å². The molecule has 0 spiro atoms. The Hall–Kier alpha value is -2.10. The van der Waals surface area contributed by atoms with Gasteiger partial charge in [-0.3, -0.25) is 20.4 Å². The highest BCUT2D eigenvalue weighted by atomic mass is 16.2. The number of hydrazine groups is 1. The lowest BCUT2D eigenvalue weighted by atomic mass is 10.1. The smallest absolute Gasteiger partial charge is 0.269 e. The Morgan fingerprint density at radius 2 is 1.95 bits per heavy atom. The topological polar surface area (TPSA) is 58.2 Å². The highest BCUT2D eigenvalue weighted by Crippen LogP contribution is 2.19. The zero-order valence-corrected chi connectivity index (χ0v) is 11.7. The molecule has 20 heavy (non-hydrogen) atoms. The first-order valence-electron chi connectivity index (χ1n) is 7.04. The summed E-state index contributed by atoms with van der Waals surface area (Å²) in [5.41, 5.74) is 6.64. The first-order chi connectivity index (χ1) is 9.69. The molecule has 0 radical (unpaired) electrons. The lowest BCUT2D eigenvalue weighted by Crippen LogP contribution is -2.42. The molecule has 0 saturated carbocycles. The van der Waals surface area contributed by atoms with Gasteiger partial charge in [0.05, 0.1) is 0 Å². The lowest BCUT2D eigenvalue weighted by molar-refractivity contribution is -0.122. The second-order valence-corrected chi connectivity index (χ2v) is 5.02. The Labute approximate surface area is 119 Å². The molecule has 1 aromatic carbocycles. The second-order valence-electron chi connectivity index (χ2n) is 5.02. The van der Waals surface area contributed by atoms with Crippen LogP contribution in [0.3, 0.4) is 0 Å². The van der Waals surface area contributed by atoms with Crippen LogP contribution in [0.4, 0.5) is 0 Å². The van der Waals surface area contributed by atoms with E-state index >= 15 is 0 Å². The molecule has 0 aliphatic heterocycles. The number of allylic oxidation sites excluding steroid dienone is 2. The van der Waals surface area contributed by atoms with Crippen molar-refractivity contribution < 1.29 is 9.59 Å². The SMILES string of the molecule is CCc1ccc(C(=O)NNC(=O)CC2C=CCC2)cc1. The standard InChI is InChI=1S/C16H20N2O2/c1-2-12-7-9-14(10-8-12)16(20)18-17-15(19)11-13-5-3-4-6-13/h3,5,7-10,13H,2,4,6,11H2,1H3,(H,17,19)(H,18,20). The fraction of sp³-hybridized carbons (Fsp3) is 0.375. The van der Waals surface area contributed by atoms with Crippen molar-refractivity contribution in [3.05, 3.63) is 47.5 Å². The van der Waals surface area contributed by atoms with E-state index in [1.165, 1.54) is 5.56 Å². The fourth-order valence-corrected chi connectivity index (χ4v) is 2.24. The van der Waals surface area contributed by atoms with E-state index < -0.39 is 0 Å². The van der Waals surface area contributed by atoms with Crippen LogP contribution >= 0.6 is 0 Å². The number of rotatable bonds is 4. The van der Waals surface area contributed by atoms with E-state index in [-0.39, 0.29) is 11.8 Å². The Balaban J connectivity index is 1.78. The number of hydrogen-bond acceptors (Lipinski definition) is 2. The summed E-state index contributed by atoms with van der Waals surface area (Å²) in [7, 11) is 0. The van der Waals surface area contributed by atoms with Crippen molar-refractivity contribution in [2.75, 3.05) is 0 Å². The van der Waals surface area contributed by atoms with Gasteiger partial charge in [-0.2, -0.15) is 0 Å². The van der Waals surface area contributed by atoms with Gasteiger partial charge >= 0.3 is 0 Å². The zero-order valence-electron chi connectivity index (χ0n) is 11.7. The van der Waals surface area contributed by atoms with Crippen LogP contribution in [0.2, 0.25) is 0 Å². The summed E-state index contributed by atoms with van der Waals surface area (Å²) in [5, 5.41) is 0. The van der Waals surface area contributed by atoms with Crippen molar-refractivity contribution >= 4 is 11.8 Å². The van der Waals surface area contributed by atoms with Crippen molar-refractivity contribution in [1.29, 1.82) is 0 Å². The molecule has 2 N–H and O–H groups in total. The van der Waals surface area contributed by atoms with Crippen molar-refractivity contribution in [3.63, 3.8) is 0 Å². The minimum absolute atomic E-state index is 0.153. The third-order valence-corrected chi connectivity index (χ3v) is 3.50. The molecule has 4 heteroatoms. The van der Waals surface area contributed by atoms with Crippen LogP contribution in [0.1, 0.15) is 42.1 Å². The van der Waals surface area contributed by atoms with E-state index in [1.54, 1.807) is 12.1 Å². The van der Waals surface area contributed by atoms with Crippen LogP contribution in [-0.2, 0) is 11.2 Å². The summed E-state index contributed by atoms with van der Waals surface area (Å²) >= 11 is 0. The minimum Gasteiger partial charge on any atom is -0.273 e. The predicted octanol–water partition coefficient (Wildman–Crippen LogP) is 2.37. The van der Waals surface area contributed by atoms with Crippen molar-refractivity contribution in [1.82, 2.24) is 10.9 Å². The average Bonchev–Trinajstić information content (AvgIpc) is 2.97. The van der Waals surface area contributed by atoms with Gasteiger partial charge in [-0.1, -0.05) is 31.2 Å². The number of aryl methyl sites for hydroxylation is 1. The van der Waals surface area contributed by atoms with Crippen LogP contribution in [-0.4, -0.2) is 11.8 Å². The van der Waals surface area contributed by atoms with E-state index in [2.05, 4.69) is 29.9 Å². The van der Waals surface area contributed by atoms with Crippen molar-refractivity contribution in [3.8, 4) is 0 Å². The lowest BCUT2D eigenvalue weighted by Gasteiger charge is -2.10. The van der Waals surface area contributed by atoms with E-state index in [0.717, 1.165) is 19.3 Å². The summed E-state index contributed by atoms with van der Waals surface area (Å²) in [6.45, 7) is 2.06. The molecule has 1 unspecified atom stereocenters. The molecule has 4 nitrogen and oxygen atoms in total. The molecule has 2 amide bonds. The summed E-state index contributed by atoms with van der Waals surface area (Å²) < 4.78 is 0. The maximum Gasteiger partial charge on any atom is 0.269 e. The van der Waals surface area contributed by atoms with Gasteiger partial charge in [0, 0.05) is 12.0 Å². The molecule has 1 aromatic rings. The van der Waals surface area contributed by atoms with Gasteiger partial charge in [-0.05, 0) is 42.9 Å². The number of amides is 2. The van der Waals surface area contributed by atoms with Crippen LogP contribution in [0.25, 0.3) is 0 Å². The van der Waals surface area contributed by atoms with E-state index in [0.29, 0.717) is 17.9 Å². The molecule has 2 rings (SSSR count). The van der Waals surface area contributed by atoms with E-state index in [9.17, 15) is 9.59 Å². The second kappa shape index (κ2) is 6.89. The normalized spacial score (nSPS) is 16.9. The number of hydrogen-bond donors (Lipinski definition) is 2. The Morgan fingerprint density at radius 1 is 1.20 bits per heavy atom. The summed E-state index contributed by atoms with van der Waals surface area (Å²) in [5.74, 6) is -0.140. The molecule has 1 atom stereocenters. The van der Waals surface area contributed by atoms with Gasteiger partial charge in [-0.15, -0.1) is 0 Å². The van der Waals surface area contributed by atoms with Gasteiger partial charge in [-0.25, -0.2) is 0 Å². The van der Waals surface area contributed by atoms with Crippen LogP contribution < -0.4 is 10.9 Å². The molecule has 0 bridgehead atoms. The van der Waals surface area contributed by atoms with Gasteiger partial charge in [0.1, 0.15) is 0 Å². The summed E-state index contributed by atoms with van der Waals surface area (Å²) in [6, 6.07) is 7.36. The average molecular weight is 272 g/mol. The van der Waals surface area contributed by atoms with Gasteiger partial charge in [0.2, 0.25) is 5.91 Å². The Kier molecular flexibility index (Phi) is 4.93. The molecule has 106 valence electrons. The van der Waals surface area contributed by atoms with Crippen LogP contribution in [0.15, 0.2) is 36.4 Å². The number of benzene rings is 1. The third-order valence-electron chi connectivity index (χ3n) is 3.50. The molecular formula is C16H20N2O2. The maximum absolute atomic E-state index is 11.8. The molecule has 0 saturated heterocycles. The Bertz CT molecular complexity index is 506. The highest BCUT2D eigenvalue weighted by molar-refractivity contribution is 5.95. The highest BCUT2D eigenvalue weighted by Gasteiger charge is 2.14. The Morgan fingerprint density at radius 3 is 2.55 bits per heavy atom. The van der Waals surface area contributed by atoms with Crippen molar-refractivity contribution in [2.24, 2.45) is 5.92 Å². The van der Waals surface area contributed by atoms with E-state index in [1.807, 2.05) is 12.1 Å². The monoisotopic (exact) mass is 272 g/mol. The molecule has 1 aliphatic rings. The summed E-state index contributed by atoms with van der Waals surface area (Å²) in [6.07, 6.45) is 7.56. The molecule has 0 aromatic heterocycles. The maximum atomic E-state index is 11.8. The minimum atomic E-state index is -0.289. The van der Waals surface area contributed by atoms with E-state index in [4.69, 9.17) is 0 Å². The predicted molar refractivity (Wildman–Crippen MR) is 77.9 cm³/mol. The molecule has 1 aliphatic carbocycles. The molecular weight excluding hydrogens is 252 g/mol. The first kappa shape index (κ1) is 14.3. The quantitative estimate of drug-likeness (QED) is 0.653. The zero-order chi connectivity index (χ0) is 14.4. The van der Waals surface area contributed by atoms with Crippen LogP contribution in [0, 0.1) is 5.92 Å². The van der Waals surface area contributed by atoms with Gasteiger partial charge < -0.3 is 0 Å². The number of carbonyl (C=O) groups excluding carboxylic acids is 2. The number of carbonyl (C=O) groups is 2. The number of nitrogens with one attached hydrogen (secondary N) is 2. The largest absolute Gasteiger partial charge is 0.273 e.